The van der Waals surface area contributed by atoms with Gasteiger partial charge in [-0.15, -0.1) is 0 Å². The maximum absolute atomic E-state index is 11.6. The first-order valence-corrected chi connectivity index (χ1v) is 7.68. The second-order valence-electron chi connectivity index (χ2n) is 5.36. The first-order chi connectivity index (χ1) is 9.22. The second-order valence-corrected chi connectivity index (χ2v) is 6.28. The fraction of sp³-hybridized carbons (Fsp3) is 0.353. The Morgan fingerprint density at radius 3 is 2.32 bits per heavy atom. The number of hydrogen-bond acceptors (Lipinski definition) is 1. The largest absolute Gasteiger partial charge is 0.300 e. The summed E-state index contributed by atoms with van der Waals surface area (Å²) in [6.45, 7) is 0. The van der Waals surface area contributed by atoms with E-state index in [9.17, 15) is 4.79 Å². The molecule has 0 radical (unpaired) electrons. The molecule has 19 heavy (non-hydrogen) atoms. The lowest BCUT2D eigenvalue weighted by Crippen LogP contribution is -1.99. The molecule has 2 heteroatoms. The molecule has 0 atom stereocenters. The molecule has 0 bridgehead atoms. The van der Waals surface area contributed by atoms with Crippen LogP contribution in [0.5, 0.6) is 0 Å². The van der Waals surface area contributed by atoms with Crippen molar-refractivity contribution in [1.82, 2.24) is 0 Å². The highest BCUT2D eigenvalue weighted by atomic mass is 79.9. The van der Waals surface area contributed by atoms with Crippen LogP contribution in [-0.4, -0.2) is 5.78 Å². The summed E-state index contributed by atoms with van der Waals surface area (Å²) in [4.78, 5) is 11.6. The zero-order valence-corrected chi connectivity index (χ0v) is 12.5. The first-order valence-electron chi connectivity index (χ1n) is 6.89. The third-order valence-corrected chi connectivity index (χ3v) is 4.65. The summed E-state index contributed by atoms with van der Waals surface area (Å²) in [7, 11) is 0. The topological polar surface area (TPSA) is 17.1 Å². The predicted molar refractivity (Wildman–Crippen MR) is 81.9 cm³/mol. The molecule has 0 unspecified atom stereocenters. The van der Waals surface area contributed by atoms with Crippen LogP contribution in [-0.2, 0) is 4.79 Å². The van der Waals surface area contributed by atoms with E-state index in [2.05, 4.69) is 46.3 Å². The van der Waals surface area contributed by atoms with E-state index >= 15 is 0 Å². The number of allylic oxidation sites excluding steroid dienone is 4. The van der Waals surface area contributed by atoms with E-state index in [0.29, 0.717) is 5.78 Å². The molecule has 98 valence electrons. The normalized spacial score (nSPS) is 19.8. The van der Waals surface area contributed by atoms with E-state index in [1.54, 1.807) is 0 Å². The van der Waals surface area contributed by atoms with E-state index in [1.807, 2.05) is 0 Å². The van der Waals surface area contributed by atoms with Crippen LogP contribution in [0.1, 0.15) is 44.1 Å². The van der Waals surface area contributed by atoms with Gasteiger partial charge in [0.2, 0.25) is 0 Å². The number of carbonyl (C=O) groups is 1. The van der Waals surface area contributed by atoms with Crippen molar-refractivity contribution >= 4 is 27.3 Å². The zero-order valence-electron chi connectivity index (χ0n) is 10.9. The molecule has 0 amide bonds. The summed E-state index contributed by atoms with van der Waals surface area (Å²) in [5, 5.41) is 0. The summed E-state index contributed by atoms with van der Waals surface area (Å²) >= 11 is 3.48. The maximum atomic E-state index is 11.6. The molecule has 0 saturated heterocycles. The number of Topliss-reactive ketones (excluding diaryl/α,β-unsaturated/α-hetero) is 1. The molecule has 3 rings (SSSR count). The standard InChI is InChI=1S/C17H17BrO/c18-16-7-3-13(4-8-16)14-2-1-12-5-9-17(19)10-6-15(12)11-14/h2-4,7-8H,1,5-6,9-11H2. The van der Waals surface area contributed by atoms with Gasteiger partial charge in [0.05, 0.1) is 0 Å². The van der Waals surface area contributed by atoms with Crippen molar-refractivity contribution in [1.29, 1.82) is 0 Å². The van der Waals surface area contributed by atoms with Crippen LogP contribution in [0.4, 0.5) is 0 Å². The van der Waals surface area contributed by atoms with Crippen LogP contribution in [0, 0.1) is 0 Å². The van der Waals surface area contributed by atoms with Crippen LogP contribution in [0.25, 0.3) is 5.57 Å². The molecule has 0 spiro atoms. The van der Waals surface area contributed by atoms with Gasteiger partial charge in [0.1, 0.15) is 5.78 Å². The minimum absolute atomic E-state index is 0.430. The van der Waals surface area contributed by atoms with Crippen molar-refractivity contribution in [3.63, 3.8) is 0 Å². The monoisotopic (exact) mass is 316 g/mol. The quantitative estimate of drug-likeness (QED) is 0.661. The van der Waals surface area contributed by atoms with Gasteiger partial charge in [0.25, 0.3) is 0 Å². The van der Waals surface area contributed by atoms with Gasteiger partial charge in [-0.05, 0) is 49.0 Å². The Bertz CT molecular complexity index is 563. The summed E-state index contributed by atoms with van der Waals surface area (Å²) in [6.07, 6.45) is 7.86. The molecule has 0 aromatic heterocycles. The van der Waals surface area contributed by atoms with Crippen molar-refractivity contribution in [3.05, 3.63) is 51.5 Å². The number of halogens is 1. The smallest absolute Gasteiger partial charge is 0.133 e. The van der Waals surface area contributed by atoms with Gasteiger partial charge in [0, 0.05) is 17.3 Å². The summed E-state index contributed by atoms with van der Waals surface area (Å²) < 4.78 is 1.12. The lowest BCUT2D eigenvalue weighted by molar-refractivity contribution is -0.118. The molecule has 0 fully saturated rings. The molecule has 1 aromatic rings. The Morgan fingerprint density at radius 1 is 0.895 bits per heavy atom. The molecule has 0 heterocycles. The molecule has 2 aliphatic carbocycles. The average molecular weight is 317 g/mol. The SMILES string of the molecule is O=C1CCC2=C(CC1)CC(c1ccc(Br)cc1)=CC2. The first kappa shape index (κ1) is 12.9. The van der Waals surface area contributed by atoms with E-state index < -0.39 is 0 Å². The van der Waals surface area contributed by atoms with Crippen LogP contribution in [0.3, 0.4) is 0 Å². The number of ketones is 1. The fourth-order valence-corrected chi connectivity index (χ4v) is 3.22. The maximum Gasteiger partial charge on any atom is 0.133 e. The lowest BCUT2D eigenvalue weighted by Gasteiger charge is -2.19. The third kappa shape index (κ3) is 2.89. The van der Waals surface area contributed by atoms with Crippen LogP contribution < -0.4 is 0 Å². The number of benzene rings is 1. The van der Waals surface area contributed by atoms with Crippen LogP contribution >= 0.6 is 15.9 Å². The summed E-state index contributed by atoms with van der Waals surface area (Å²) in [5.74, 6) is 0.430. The van der Waals surface area contributed by atoms with E-state index in [-0.39, 0.29) is 0 Å². The van der Waals surface area contributed by atoms with Gasteiger partial charge < -0.3 is 0 Å². The molecular weight excluding hydrogens is 300 g/mol. The van der Waals surface area contributed by atoms with Gasteiger partial charge in [-0.3, -0.25) is 4.79 Å². The van der Waals surface area contributed by atoms with Crippen molar-refractivity contribution in [2.24, 2.45) is 0 Å². The average Bonchev–Trinajstić information content (AvgIpc) is 2.62. The van der Waals surface area contributed by atoms with Crippen LogP contribution in [0.15, 0.2) is 46.0 Å². The molecule has 0 aliphatic heterocycles. The molecular formula is C17H17BrO. The molecule has 0 saturated carbocycles. The molecule has 1 nitrogen and oxygen atoms in total. The van der Waals surface area contributed by atoms with E-state index in [0.717, 1.165) is 43.0 Å². The van der Waals surface area contributed by atoms with Crippen molar-refractivity contribution in [2.45, 2.75) is 38.5 Å². The number of hydrogen-bond donors (Lipinski definition) is 0. The van der Waals surface area contributed by atoms with Gasteiger partial charge in [0.15, 0.2) is 0 Å². The summed E-state index contributed by atoms with van der Waals surface area (Å²) in [6, 6.07) is 8.53. The van der Waals surface area contributed by atoms with Crippen molar-refractivity contribution in [3.8, 4) is 0 Å². The minimum atomic E-state index is 0.430. The van der Waals surface area contributed by atoms with E-state index in [1.165, 1.54) is 22.3 Å². The minimum Gasteiger partial charge on any atom is -0.300 e. The van der Waals surface area contributed by atoms with Gasteiger partial charge in [-0.25, -0.2) is 0 Å². The van der Waals surface area contributed by atoms with Gasteiger partial charge in [-0.2, -0.15) is 0 Å². The number of rotatable bonds is 1. The Morgan fingerprint density at radius 2 is 1.58 bits per heavy atom. The lowest BCUT2D eigenvalue weighted by atomic mass is 9.86. The van der Waals surface area contributed by atoms with Crippen molar-refractivity contribution < 1.29 is 4.79 Å². The highest BCUT2D eigenvalue weighted by molar-refractivity contribution is 9.10. The Labute approximate surface area is 122 Å². The third-order valence-electron chi connectivity index (χ3n) is 4.12. The van der Waals surface area contributed by atoms with Crippen molar-refractivity contribution in [2.75, 3.05) is 0 Å². The van der Waals surface area contributed by atoms with Gasteiger partial charge in [-0.1, -0.05) is 45.3 Å². The molecule has 0 N–H and O–H groups in total. The highest BCUT2D eigenvalue weighted by Crippen LogP contribution is 2.37. The zero-order chi connectivity index (χ0) is 13.2. The van der Waals surface area contributed by atoms with E-state index in [4.69, 9.17) is 0 Å². The summed E-state index contributed by atoms with van der Waals surface area (Å²) in [5.41, 5.74) is 5.77. The predicted octanol–water partition coefficient (Wildman–Crippen LogP) is 5.07. The molecule has 2 aliphatic rings. The fourth-order valence-electron chi connectivity index (χ4n) is 2.95. The Hall–Kier alpha value is -1.15. The highest BCUT2D eigenvalue weighted by Gasteiger charge is 2.19. The number of carbonyl (C=O) groups excluding carboxylic acids is 1. The second kappa shape index (κ2) is 5.46. The van der Waals surface area contributed by atoms with Gasteiger partial charge >= 0.3 is 0 Å². The van der Waals surface area contributed by atoms with Crippen LogP contribution in [0.2, 0.25) is 0 Å². The Kier molecular flexibility index (Phi) is 3.69. The molecule has 1 aromatic carbocycles. The Balaban J connectivity index is 1.80.